The highest BCUT2D eigenvalue weighted by molar-refractivity contribution is 7.87. The van der Waals surface area contributed by atoms with Crippen molar-refractivity contribution in [1.82, 2.24) is 5.32 Å². The van der Waals surface area contributed by atoms with E-state index in [2.05, 4.69) is 0 Å². The van der Waals surface area contributed by atoms with Crippen LogP contribution in [0, 0.1) is 0 Å². The van der Waals surface area contributed by atoms with E-state index in [1.165, 1.54) is 13.8 Å². The number of carbonyl (C=O) groups excluding carboxylic acids is 1. The smallest absolute Gasteiger partial charge is 0.368 e. The zero-order valence-corrected chi connectivity index (χ0v) is 12.7. The second-order valence-electron chi connectivity index (χ2n) is 5.51. The van der Waals surface area contributed by atoms with Gasteiger partial charge in [0.05, 0.1) is 12.1 Å². The first-order valence-corrected chi connectivity index (χ1v) is 7.78. The summed E-state index contributed by atoms with van der Waals surface area (Å²) in [6.45, 7) is 3.50. The van der Waals surface area contributed by atoms with Crippen LogP contribution in [0.25, 0.3) is 0 Å². The van der Waals surface area contributed by atoms with Crippen molar-refractivity contribution in [2.45, 2.75) is 30.7 Å². The van der Waals surface area contributed by atoms with E-state index in [0.717, 1.165) is 5.56 Å². The molecule has 1 aromatic rings. The summed E-state index contributed by atoms with van der Waals surface area (Å²) in [7, 11) is -5.83. The van der Waals surface area contributed by atoms with Gasteiger partial charge in [0.2, 0.25) is 0 Å². The minimum atomic E-state index is -5.83. The van der Waals surface area contributed by atoms with Crippen molar-refractivity contribution in [2.24, 2.45) is 0 Å². The van der Waals surface area contributed by atoms with E-state index >= 15 is 0 Å². The number of hydrogen-bond acceptors (Lipinski definition) is 4. The third-order valence-corrected chi connectivity index (χ3v) is 4.19. The lowest BCUT2D eigenvalue weighted by molar-refractivity contribution is -0.138. The topological polar surface area (TPSA) is 96.0 Å². The highest BCUT2D eigenvalue weighted by Crippen LogP contribution is 2.31. The zero-order chi connectivity index (χ0) is 16.8. The Labute approximate surface area is 126 Å². The van der Waals surface area contributed by atoms with E-state index in [1.54, 1.807) is 24.3 Å². The van der Waals surface area contributed by atoms with Crippen LogP contribution >= 0.6 is 0 Å². The predicted octanol–water partition coefficient (Wildman–Crippen LogP) is 1.59. The largest absolute Gasteiger partial charge is 0.446 e. The summed E-state index contributed by atoms with van der Waals surface area (Å²) in [4.78, 5) is 11.5. The molecule has 1 aliphatic rings. The Morgan fingerprint density at radius 2 is 1.82 bits per heavy atom. The number of carbonyl (C=O) groups is 1. The maximum absolute atomic E-state index is 13.3. The second kappa shape index (κ2) is 5.25. The molecule has 9 heteroatoms. The van der Waals surface area contributed by atoms with Gasteiger partial charge in [0, 0.05) is 0 Å². The van der Waals surface area contributed by atoms with Crippen LogP contribution in [0.4, 0.5) is 8.78 Å². The molecule has 1 atom stereocenters. The van der Waals surface area contributed by atoms with Gasteiger partial charge >= 0.3 is 21.3 Å². The molecule has 1 unspecified atom stereocenters. The molecule has 6 nitrogen and oxygen atoms in total. The molecule has 0 saturated carbocycles. The van der Waals surface area contributed by atoms with E-state index in [-0.39, 0.29) is 6.10 Å². The molecule has 1 heterocycles. The third kappa shape index (κ3) is 3.26. The summed E-state index contributed by atoms with van der Waals surface area (Å²) in [6, 6.07) is 6.73. The molecular weight excluding hydrogens is 320 g/mol. The van der Waals surface area contributed by atoms with Crippen LogP contribution in [0.2, 0.25) is 0 Å². The first-order valence-electron chi connectivity index (χ1n) is 6.34. The lowest BCUT2D eigenvalue weighted by Gasteiger charge is -2.28. The van der Waals surface area contributed by atoms with Gasteiger partial charge in [0.15, 0.2) is 0 Å². The van der Waals surface area contributed by atoms with Crippen LogP contribution in [-0.2, 0) is 25.2 Å². The molecule has 0 radical (unpaired) electrons. The highest BCUT2D eigenvalue weighted by Gasteiger charge is 2.53. The molecule has 1 amide bonds. The Morgan fingerprint density at radius 3 is 2.23 bits per heavy atom. The van der Waals surface area contributed by atoms with Crippen molar-refractivity contribution in [1.29, 1.82) is 0 Å². The van der Waals surface area contributed by atoms with E-state index in [1.807, 2.05) is 5.32 Å². The molecule has 0 bridgehead atoms. The molecule has 0 aliphatic carbocycles. The van der Waals surface area contributed by atoms with Gasteiger partial charge < -0.3 is 10.1 Å². The minimum Gasteiger partial charge on any atom is -0.368 e. The maximum atomic E-state index is 13.3. The van der Waals surface area contributed by atoms with Crippen molar-refractivity contribution >= 4 is 16.0 Å². The van der Waals surface area contributed by atoms with Gasteiger partial charge in [0.25, 0.3) is 0 Å². The summed E-state index contributed by atoms with van der Waals surface area (Å²) in [6.07, 6.45) is 0.0376. The molecule has 1 saturated heterocycles. The van der Waals surface area contributed by atoms with Crippen molar-refractivity contribution in [3.63, 3.8) is 0 Å². The van der Waals surface area contributed by atoms with Crippen molar-refractivity contribution in [3.05, 3.63) is 35.4 Å². The fourth-order valence-corrected chi connectivity index (χ4v) is 2.19. The number of rotatable bonds is 5. The number of halogens is 2. The van der Waals surface area contributed by atoms with Crippen LogP contribution in [0.15, 0.2) is 24.3 Å². The molecule has 2 rings (SSSR count). The maximum Gasteiger partial charge on any atom is 0.446 e. The van der Waals surface area contributed by atoms with E-state index in [9.17, 15) is 22.0 Å². The number of alkyl halides is 2. The van der Waals surface area contributed by atoms with Gasteiger partial charge in [0.1, 0.15) is 6.10 Å². The van der Waals surface area contributed by atoms with Gasteiger partial charge in [-0.25, -0.2) is 0 Å². The molecule has 0 spiro atoms. The lowest BCUT2D eigenvalue weighted by Crippen LogP contribution is -2.52. The minimum absolute atomic E-state index is 0.0376. The number of benzene rings is 1. The molecule has 22 heavy (non-hydrogen) atoms. The van der Waals surface area contributed by atoms with E-state index in [0.29, 0.717) is 12.2 Å². The average molecular weight is 335 g/mol. The van der Waals surface area contributed by atoms with Crippen molar-refractivity contribution in [2.75, 3.05) is 6.61 Å². The Balaban J connectivity index is 2.17. The molecule has 1 aliphatic heterocycles. The first-order chi connectivity index (χ1) is 9.95. The normalized spacial score (nSPS) is 18.9. The molecule has 1 aromatic carbocycles. The van der Waals surface area contributed by atoms with E-state index < -0.39 is 26.8 Å². The van der Waals surface area contributed by atoms with Crippen LogP contribution in [-0.4, -0.2) is 30.7 Å². The number of ether oxygens (including phenoxy) is 1. The summed E-state index contributed by atoms with van der Waals surface area (Å²) in [5, 5.41) is -2.99. The number of epoxide rings is 1. The summed E-state index contributed by atoms with van der Waals surface area (Å²) >= 11 is 0. The second-order valence-corrected chi connectivity index (χ2v) is 6.98. The van der Waals surface area contributed by atoms with Crippen molar-refractivity contribution in [3.8, 4) is 0 Å². The van der Waals surface area contributed by atoms with Crippen LogP contribution in [0.1, 0.15) is 31.1 Å². The summed E-state index contributed by atoms with van der Waals surface area (Å²) in [5.41, 5.74) is 0.166. The van der Waals surface area contributed by atoms with Gasteiger partial charge in [-0.15, -0.1) is 0 Å². The molecular formula is C13H15F2NO5S. The van der Waals surface area contributed by atoms with Crippen LogP contribution < -0.4 is 5.32 Å². The lowest BCUT2D eigenvalue weighted by atomic mass is 9.93. The fourth-order valence-electron chi connectivity index (χ4n) is 1.90. The van der Waals surface area contributed by atoms with E-state index in [4.69, 9.17) is 9.29 Å². The molecule has 0 aromatic heterocycles. The van der Waals surface area contributed by atoms with Crippen LogP contribution in [0.3, 0.4) is 0 Å². The SMILES string of the molecule is CC(C)(NC(=O)C(F)(F)S(=O)(=O)O)c1ccc(C2CO2)cc1. The Hall–Kier alpha value is -1.58. The predicted molar refractivity (Wildman–Crippen MR) is 72.8 cm³/mol. The van der Waals surface area contributed by atoms with Gasteiger partial charge in [-0.1, -0.05) is 24.3 Å². The number of amides is 1. The summed E-state index contributed by atoms with van der Waals surface area (Å²) in [5.74, 6) is -2.09. The first kappa shape index (κ1) is 16.8. The fraction of sp³-hybridized carbons (Fsp3) is 0.462. The molecule has 1 fully saturated rings. The van der Waals surface area contributed by atoms with Crippen LogP contribution in [0.5, 0.6) is 0 Å². The third-order valence-electron chi connectivity index (χ3n) is 3.35. The Kier molecular flexibility index (Phi) is 4.01. The number of nitrogens with one attached hydrogen (secondary N) is 1. The molecule has 122 valence electrons. The number of hydrogen-bond donors (Lipinski definition) is 2. The highest BCUT2D eigenvalue weighted by atomic mass is 32.2. The van der Waals surface area contributed by atoms with Gasteiger partial charge in [-0.05, 0) is 25.0 Å². The zero-order valence-electron chi connectivity index (χ0n) is 11.8. The quantitative estimate of drug-likeness (QED) is 0.629. The molecule has 2 N–H and O–H groups in total. The van der Waals surface area contributed by atoms with Gasteiger partial charge in [-0.2, -0.15) is 17.2 Å². The average Bonchev–Trinajstić information content (AvgIpc) is 3.21. The van der Waals surface area contributed by atoms with Crippen molar-refractivity contribution < 1.29 is 31.3 Å². The Morgan fingerprint density at radius 1 is 1.32 bits per heavy atom. The Bertz CT molecular complexity index is 681. The monoisotopic (exact) mass is 335 g/mol. The summed E-state index contributed by atoms with van der Waals surface area (Å²) < 4.78 is 61.3. The van der Waals surface area contributed by atoms with Gasteiger partial charge in [-0.3, -0.25) is 9.35 Å². The standard InChI is InChI=1S/C13H15F2NO5S/c1-12(2,16-11(17)13(14,15)22(18,19)20)9-5-3-8(4-6-9)10-7-21-10/h3-6,10H,7H2,1-2H3,(H,16,17)(H,18,19,20).